The van der Waals surface area contributed by atoms with Gasteiger partial charge in [-0.1, -0.05) is 20.8 Å². The number of alkyl halides is 3. The van der Waals surface area contributed by atoms with Crippen LogP contribution in [0, 0.1) is 5.41 Å². The van der Waals surface area contributed by atoms with Gasteiger partial charge in [-0.05, 0) is 45.1 Å². The smallest absolute Gasteiger partial charge is 0.425 e. The molecule has 174 valence electrons. The van der Waals surface area contributed by atoms with Crippen LogP contribution in [-0.4, -0.2) is 50.9 Å². The highest BCUT2D eigenvalue weighted by Crippen LogP contribution is 2.49. The van der Waals surface area contributed by atoms with Gasteiger partial charge in [0.15, 0.2) is 6.10 Å². The third kappa shape index (κ3) is 5.66. The van der Waals surface area contributed by atoms with Crippen LogP contribution in [0.1, 0.15) is 59.8 Å². The van der Waals surface area contributed by atoms with Crippen LogP contribution < -0.4 is 9.64 Å². The summed E-state index contributed by atoms with van der Waals surface area (Å²) in [5.41, 5.74) is 0.0852. The number of halogens is 3. The molecule has 31 heavy (non-hydrogen) atoms. The van der Waals surface area contributed by atoms with Gasteiger partial charge in [0.05, 0.1) is 23.4 Å². The molecule has 9 heteroatoms. The molecule has 0 bridgehead atoms. The lowest BCUT2D eigenvalue weighted by atomic mass is 9.71. The van der Waals surface area contributed by atoms with E-state index in [-0.39, 0.29) is 28.7 Å². The second-order valence-electron chi connectivity index (χ2n) is 9.62. The summed E-state index contributed by atoms with van der Waals surface area (Å²) < 4.78 is 43.2. The zero-order valence-electron chi connectivity index (χ0n) is 18.4. The molecule has 1 spiro atoms. The van der Waals surface area contributed by atoms with Gasteiger partial charge < -0.3 is 14.7 Å². The molecule has 1 aliphatic carbocycles. The number of anilines is 1. The highest BCUT2D eigenvalue weighted by Gasteiger charge is 2.53. The lowest BCUT2D eigenvalue weighted by Gasteiger charge is -2.33. The van der Waals surface area contributed by atoms with Crippen molar-refractivity contribution < 1.29 is 27.8 Å². The third-order valence-corrected chi connectivity index (χ3v) is 7.46. The van der Waals surface area contributed by atoms with Crippen LogP contribution in [0.25, 0.3) is 0 Å². The first kappa shape index (κ1) is 24.2. The predicted octanol–water partition coefficient (Wildman–Crippen LogP) is 4.97. The monoisotopic (exact) mass is 460 g/mol. The summed E-state index contributed by atoms with van der Waals surface area (Å²) in [6, 6.07) is 2.96. The maximum Gasteiger partial charge on any atom is 0.425 e. The molecule has 0 radical (unpaired) electrons. The molecule has 2 fully saturated rings. The highest BCUT2D eigenvalue weighted by molar-refractivity contribution is 8.00. The Bertz CT molecular complexity index is 772. The lowest BCUT2D eigenvalue weighted by Crippen LogP contribution is -2.40. The number of aromatic nitrogens is 1. The fourth-order valence-electron chi connectivity index (χ4n) is 4.26. The van der Waals surface area contributed by atoms with E-state index in [1.54, 1.807) is 22.7 Å². The molecule has 2 heterocycles. The molecule has 1 aromatic heterocycles. The zero-order valence-corrected chi connectivity index (χ0v) is 19.2. The summed E-state index contributed by atoms with van der Waals surface area (Å²) in [6.45, 7) is 7.31. The summed E-state index contributed by atoms with van der Waals surface area (Å²) in [4.78, 5) is 19.3. The average Bonchev–Trinajstić information content (AvgIpc) is 2.94. The number of aliphatic hydroxyl groups is 1. The summed E-state index contributed by atoms with van der Waals surface area (Å²) >= 11 is 1.78. The van der Waals surface area contributed by atoms with Crippen LogP contribution in [0.15, 0.2) is 18.3 Å². The van der Waals surface area contributed by atoms with Crippen molar-refractivity contribution in [1.82, 2.24) is 4.98 Å². The number of pyridine rings is 1. The Kier molecular flexibility index (Phi) is 6.87. The number of nitrogens with zero attached hydrogens (tertiary/aromatic N) is 2. The molecule has 5 nitrogen and oxygen atoms in total. The first-order valence-corrected chi connectivity index (χ1v) is 11.6. The van der Waals surface area contributed by atoms with Crippen LogP contribution >= 0.6 is 11.8 Å². The molecule has 1 unspecified atom stereocenters. The molecule has 3 rings (SSSR count). The van der Waals surface area contributed by atoms with Gasteiger partial charge in [-0.3, -0.25) is 4.79 Å². The summed E-state index contributed by atoms with van der Waals surface area (Å²) in [5, 5.41) is 9.92. The molecule has 1 N–H and O–H groups in total. The molecule has 1 saturated carbocycles. The minimum atomic E-state index is -4.47. The molecular formula is C22H31F3N2O3S. The van der Waals surface area contributed by atoms with E-state index in [1.807, 2.05) is 0 Å². The van der Waals surface area contributed by atoms with Crippen LogP contribution in [-0.2, 0) is 4.79 Å². The topological polar surface area (TPSA) is 62.7 Å². The Labute approximate surface area is 185 Å². The summed E-state index contributed by atoms with van der Waals surface area (Å²) in [5.74, 6) is 0.650. The summed E-state index contributed by atoms with van der Waals surface area (Å²) in [6.07, 6.45) is -2.14. The number of carbonyl (C=O) groups is 1. The standard InChI is InChI=1S/C22H31F3N2O3S/c1-14(22(23,24)25)30-18-6-5-15(12-26-18)27-16(13-31-20(2,3)4)11-21(19(27)29)9-7-17(28)8-10-21/h5-6,12,14,16-17,28H,7-11,13H2,1-4H3/t14-,16?,17?,21?/m0/s1. The van der Waals surface area contributed by atoms with E-state index in [0.29, 0.717) is 37.8 Å². The Balaban J connectivity index is 1.82. The number of rotatable bonds is 5. The maximum absolute atomic E-state index is 13.5. The quantitative estimate of drug-likeness (QED) is 0.672. The first-order chi connectivity index (χ1) is 14.3. The van der Waals surface area contributed by atoms with Crippen molar-refractivity contribution in [2.75, 3.05) is 10.7 Å². The van der Waals surface area contributed by atoms with Gasteiger partial charge in [-0.2, -0.15) is 24.9 Å². The molecule has 1 amide bonds. The van der Waals surface area contributed by atoms with Crippen LogP contribution in [0.5, 0.6) is 5.88 Å². The van der Waals surface area contributed by atoms with E-state index in [4.69, 9.17) is 4.74 Å². The second kappa shape index (κ2) is 8.81. The fourth-order valence-corrected chi connectivity index (χ4v) is 5.22. The Morgan fingerprint density at radius 1 is 1.29 bits per heavy atom. The minimum absolute atomic E-state index is 0.0260. The van der Waals surface area contributed by atoms with Crippen molar-refractivity contribution in [2.45, 2.75) is 89.0 Å². The number of aliphatic hydroxyl groups excluding tert-OH is 1. The fraction of sp³-hybridized carbons (Fsp3) is 0.727. The zero-order chi connectivity index (χ0) is 23.0. The van der Waals surface area contributed by atoms with E-state index < -0.39 is 17.7 Å². The molecule has 2 atom stereocenters. The van der Waals surface area contributed by atoms with Gasteiger partial charge >= 0.3 is 6.18 Å². The molecule has 0 aromatic carbocycles. The van der Waals surface area contributed by atoms with Gasteiger partial charge in [0.1, 0.15) is 0 Å². The highest BCUT2D eigenvalue weighted by atomic mass is 32.2. The first-order valence-electron chi connectivity index (χ1n) is 10.7. The van der Waals surface area contributed by atoms with E-state index >= 15 is 0 Å². The van der Waals surface area contributed by atoms with Gasteiger partial charge in [-0.15, -0.1) is 0 Å². The van der Waals surface area contributed by atoms with E-state index in [0.717, 1.165) is 12.7 Å². The van der Waals surface area contributed by atoms with Crippen LogP contribution in [0.3, 0.4) is 0 Å². The summed E-state index contributed by atoms with van der Waals surface area (Å²) in [7, 11) is 0. The molecular weight excluding hydrogens is 429 g/mol. The van der Waals surface area contributed by atoms with Crippen molar-refractivity contribution in [2.24, 2.45) is 5.41 Å². The van der Waals surface area contributed by atoms with Gasteiger partial charge in [0.25, 0.3) is 0 Å². The van der Waals surface area contributed by atoms with Gasteiger partial charge in [-0.25, -0.2) is 4.98 Å². The Morgan fingerprint density at radius 3 is 2.45 bits per heavy atom. The largest absolute Gasteiger partial charge is 0.465 e. The average molecular weight is 461 g/mol. The number of thioether (sulfide) groups is 1. The number of amides is 1. The molecule has 1 saturated heterocycles. The molecule has 1 aliphatic heterocycles. The third-order valence-electron chi connectivity index (χ3n) is 6.04. The second-order valence-corrected chi connectivity index (χ2v) is 11.5. The van der Waals surface area contributed by atoms with Crippen LogP contribution in [0.4, 0.5) is 18.9 Å². The minimum Gasteiger partial charge on any atom is -0.465 e. The van der Waals surface area contributed by atoms with Crippen molar-refractivity contribution in [1.29, 1.82) is 0 Å². The van der Waals surface area contributed by atoms with Crippen molar-refractivity contribution >= 4 is 23.4 Å². The molecule has 2 aliphatic rings. The van der Waals surface area contributed by atoms with Gasteiger partial charge in [0, 0.05) is 22.6 Å². The number of hydrogen-bond acceptors (Lipinski definition) is 5. The Morgan fingerprint density at radius 2 is 1.94 bits per heavy atom. The van der Waals surface area contributed by atoms with Gasteiger partial charge in [0.2, 0.25) is 11.8 Å². The normalized spacial score (nSPS) is 28.3. The van der Waals surface area contributed by atoms with E-state index in [2.05, 4.69) is 25.8 Å². The number of hydrogen-bond donors (Lipinski definition) is 1. The number of carbonyl (C=O) groups excluding carboxylic acids is 1. The Hall–Kier alpha value is -1.48. The lowest BCUT2D eigenvalue weighted by molar-refractivity contribution is -0.189. The van der Waals surface area contributed by atoms with Crippen molar-refractivity contribution in [3.8, 4) is 5.88 Å². The predicted molar refractivity (Wildman–Crippen MR) is 115 cm³/mol. The number of ether oxygens (including phenoxy) is 1. The van der Waals surface area contributed by atoms with Crippen molar-refractivity contribution in [3.63, 3.8) is 0 Å². The molecule has 1 aromatic rings. The van der Waals surface area contributed by atoms with E-state index in [9.17, 15) is 23.1 Å². The SMILES string of the molecule is C[C@H](Oc1ccc(N2C(=O)C3(CCC(O)CC3)CC2CSC(C)(C)C)cn1)C(F)(F)F. The van der Waals surface area contributed by atoms with Crippen LogP contribution in [0.2, 0.25) is 0 Å². The maximum atomic E-state index is 13.5. The van der Waals surface area contributed by atoms with E-state index in [1.165, 1.54) is 12.3 Å². The van der Waals surface area contributed by atoms with Crippen molar-refractivity contribution in [3.05, 3.63) is 18.3 Å².